The molecule has 1 aliphatic heterocycles. The monoisotopic (exact) mass is 319 g/mol. The predicted octanol–water partition coefficient (Wildman–Crippen LogP) is 1.69. The van der Waals surface area contributed by atoms with Gasteiger partial charge in [-0.1, -0.05) is 6.42 Å². The Hall–Kier alpha value is -1.96. The highest BCUT2D eigenvalue weighted by molar-refractivity contribution is 7.92. The Labute approximate surface area is 128 Å². The fourth-order valence-electron chi connectivity index (χ4n) is 2.92. The minimum Gasteiger partial charge on any atom is -0.318 e. The number of rotatable bonds is 4. The van der Waals surface area contributed by atoms with E-state index >= 15 is 0 Å². The first kappa shape index (κ1) is 13.7. The summed E-state index contributed by atoms with van der Waals surface area (Å²) in [5, 5.41) is 0.211. The molecule has 4 rings (SSSR count). The Morgan fingerprint density at radius 2 is 1.86 bits per heavy atom. The van der Waals surface area contributed by atoms with Crippen LogP contribution in [0.5, 0.6) is 0 Å². The van der Waals surface area contributed by atoms with Gasteiger partial charge in [-0.05, 0) is 19.3 Å². The number of fused-ring (bicyclic) bond motifs is 1. The van der Waals surface area contributed by atoms with Gasteiger partial charge in [0.15, 0.2) is 5.03 Å². The van der Waals surface area contributed by atoms with Gasteiger partial charge in [-0.2, -0.15) is 8.42 Å². The first-order chi connectivity index (χ1) is 10.6. The maximum atomic E-state index is 12.5. The Morgan fingerprint density at radius 1 is 1.09 bits per heavy atom. The molecular formula is C14H17N5O2S. The van der Waals surface area contributed by atoms with E-state index in [2.05, 4.69) is 19.7 Å². The van der Waals surface area contributed by atoms with Crippen LogP contribution in [0, 0.1) is 0 Å². The molecule has 0 bridgehead atoms. The van der Waals surface area contributed by atoms with Crippen LogP contribution in [0.4, 0.5) is 5.69 Å². The first-order valence-electron chi connectivity index (χ1n) is 7.53. The van der Waals surface area contributed by atoms with Gasteiger partial charge in [0.1, 0.15) is 11.6 Å². The lowest BCUT2D eigenvalue weighted by Gasteiger charge is -2.23. The molecule has 0 aromatic carbocycles. The van der Waals surface area contributed by atoms with E-state index in [0.717, 1.165) is 37.3 Å². The SMILES string of the molecule is O=S(=O)(Nc1cnc(C2CCC2)nc1)c1cnc2n1CCC2. The Kier molecular flexibility index (Phi) is 3.14. The molecule has 2 aromatic heterocycles. The molecule has 0 unspecified atom stereocenters. The van der Waals surface area contributed by atoms with E-state index in [1.54, 1.807) is 17.0 Å². The molecule has 1 N–H and O–H groups in total. The summed E-state index contributed by atoms with van der Waals surface area (Å²) in [4.78, 5) is 12.7. The molecule has 1 aliphatic carbocycles. The zero-order valence-electron chi connectivity index (χ0n) is 12.1. The molecule has 3 heterocycles. The number of imidazole rings is 1. The summed E-state index contributed by atoms with van der Waals surface area (Å²) in [5.41, 5.74) is 0.386. The van der Waals surface area contributed by atoms with Gasteiger partial charge in [0.05, 0.1) is 24.3 Å². The van der Waals surface area contributed by atoms with E-state index in [9.17, 15) is 8.42 Å². The average Bonchev–Trinajstić information content (AvgIpc) is 3.00. The number of aromatic nitrogens is 4. The van der Waals surface area contributed by atoms with Crippen LogP contribution in [0.15, 0.2) is 23.6 Å². The van der Waals surface area contributed by atoms with Crippen LogP contribution in [0.25, 0.3) is 0 Å². The molecular weight excluding hydrogens is 302 g/mol. The van der Waals surface area contributed by atoms with E-state index in [4.69, 9.17) is 0 Å². The van der Waals surface area contributed by atoms with Gasteiger partial charge in [0.2, 0.25) is 0 Å². The van der Waals surface area contributed by atoms with E-state index in [1.807, 2.05) is 0 Å². The third kappa shape index (κ3) is 2.27. The third-order valence-electron chi connectivity index (χ3n) is 4.35. The van der Waals surface area contributed by atoms with Gasteiger partial charge >= 0.3 is 0 Å². The van der Waals surface area contributed by atoms with Crippen molar-refractivity contribution in [1.29, 1.82) is 0 Å². The van der Waals surface area contributed by atoms with Crippen LogP contribution >= 0.6 is 0 Å². The second-order valence-corrected chi connectivity index (χ2v) is 7.46. The second kappa shape index (κ2) is 5.05. The number of nitrogens with one attached hydrogen (secondary N) is 1. The number of nitrogens with zero attached hydrogens (tertiary/aromatic N) is 4. The second-order valence-electron chi connectivity index (χ2n) is 5.83. The summed E-state index contributed by atoms with van der Waals surface area (Å²) in [6.07, 6.45) is 9.72. The predicted molar refractivity (Wildman–Crippen MR) is 80.0 cm³/mol. The van der Waals surface area contributed by atoms with Crippen molar-refractivity contribution in [1.82, 2.24) is 19.5 Å². The molecule has 116 valence electrons. The van der Waals surface area contributed by atoms with Crippen LogP contribution in [-0.2, 0) is 23.0 Å². The topological polar surface area (TPSA) is 89.8 Å². The van der Waals surface area contributed by atoms with Gasteiger partial charge in [-0.15, -0.1) is 0 Å². The number of sulfonamides is 1. The molecule has 0 saturated heterocycles. The Balaban J connectivity index is 1.56. The normalized spacial score (nSPS) is 18.0. The molecule has 8 heteroatoms. The standard InChI is InChI=1S/C14H17N5O2S/c20-22(21,13-9-15-12-5-2-6-19(12)13)18-11-7-16-14(17-8-11)10-3-1-4-10/h7-10,18H,1-6H2. The van der Waals surface area contributed by atoms with Gasteiger partial charge in [0, 0.05) is 18.9 Å². The van der Waals surface area contributed by atoms with Crippen LogP contribution in [0.2, 0.25) is 0 Å². The van der Waals surface area contributed by atoms with Crippen molar-refractivity contribution < 1.29 is 8.42 Å². The Bertz CT molecular complexity index is 793. The number of hydrogen-bond acceptors (Lipinski definition) is 5. The molecule has 0 spiro atoms. The zero-order chi connectivity index (χ0) is 15.2. The van der Waals surface area contributed by atoms with Gasteiger partial charge < -0.3 is 4.57 Å². The zero-order valence-corrected chi connectivity index (χ0v) is 12.9. The van der Waals surface area contributed by atoms with Crippen molar-refractivity contribution in [2.45, 2.75) is 49.6 Å². The fraction of sp³-hybridized carbons (Fsp3) is 0.500. The minimum absolute atomic E-state index is 0.211. The molecule has 0 amide bonds. The highest BCUT2D eigenvalue weighted by Crippen LogP contribution is 2.34. The summed E-state index contributed by atoms with van der Waals surface area (Å²) in [6, 6.07) is 0. The van der Waals surface area contributed by atoms with Crippen molar-refractivity contribution in [3.05, 3.63) is 30.2 Å². The average molecular weight is 319 g/mol. The van der Waals surface area contributed by atoms with E-state index < -0.39 is 10.0 Å². The van der Waals surface area contributed by atoms with Crippen molar-refractivity contribution in [3.63, 3.8) is 0 Å². The summed E-state index contributed by atoms with van der Waals surface area (Å²) >= 11 is 0. The first-order valence-corrected chi connectivity index (χ1v) is 9.01. The fourth-order valence-corrected chi connectivity index (χ4v) is 4.12. The van der Waals surface area contributed by atoms with E-state index in [0.29, 0.717) is 18.2 Å². The summed E-state index contributed by atoms with van der Waals surface area (Å²) in [5.74, 6) is 2.07. The van der Waals surface area contributed by atoms with Crippen LogP contribution in [0.3, 0.4) is 0 Å². The molecule has 0 atom stereocenters. The summed E-state index contributed by atoms with van der Waals surface area (Å²) in [6.45, 7) is 0.697. The Morgan fingerprint density at radius 3 is 2.55 bits per heavy atom. The van der Waals surface area contributed by atoms with Gasteiger partial charge in [-0.25, -0.2) is 15.0 Å². The molecule has 2 aromatic rings. The van der Waals surface area contributed by atoms with E-state index in [-0.39, 0.29) is 5.03 Å². The molecule has 2 aliphatic rings. The van der Waals surface area contributed by atoms with Crippen LogP contribution < -0.4 is 4.72 Å². The largest absolute Gasteiger partial charge is 0.318 e. The number of aryl methyl sites for hydroxylation is 1. The highest BCUT2D eigenvalue weighted by atomic mass is 32.2. The van der Waals surface area contributed by atoms with Crippen molar-refractivity contribution in [3.8, 4) is 0 Å². The smallest absolute Gasteiger partial charge is 0.279 e. The van der Waals surface area contributed by atoms with Gasteiger partial charge in [0.25, 0.3) is 10.0 Å². The summed E-state index contributed by atoms with van der Waals surface area (Å²) < 4.78 is 29.3. The van der Waals surface area contributed by atoms with Crippen LogP contribution in [0.1, 0.15) is 43.3 Å². The van der Waals surface area contributed by atoms with Crippen molar-refractivity contribution >= 4 is 15.7 Å². The lowest BCUT2D eigenvalue weighted by atomic mass is 9.85. The molecule has 22 heavy (non-hydrogen) atoms. The highest BCUT2D eigenvalue weighted by Gasteiger charge is 2.26. The molecule has 0 radical (unpaired) electrons. The number of anilines is 1. The maximum absolute atomic E-state index is 12.5. The lowest BCUT2D eigenvalue weighted by molar-refractivity contribution is 0.401. The van der Waals surface area contributed by atoms with Crippen molar-refractivity contribution in [2.24, 2.45) is 0 Å². The molecule has 7 nitrogen and oxygen atoms in total. The summed E-state index contributed by atoms with van der Waals surface area (Å²) in [7, 11) is -3.65. The van der Waals surface area contributed by atoms with Crippen LogP contribution in [-0.4, -0.2) is 27.9 Å². The lowest BCUT2D eigenvalue weighted by Crippen LogP contribution is -2.18. The molecule has 1 fully saturated rings. The maximum Gasteiger partial charge on any atom is 0.279 e. The number of hydrogen-bond donors (Lipinski definition) is 1. The van der Waals surface area contributed by atoms with Gasteiger partial charge in [-0.3, -0.25) is 4.72 Å². The minimum atomic E-state index is -3.65. The van der Waals surface area contributed by atoms with E-state index in [1.165, 1.54) is 12.6 Å². The molecule has 1 saturated carbocycles. The quantitative estimate of drug-likeness (QED) is 0.926. The third-order valence-corrected chi connectivity index (χ3v) is 5.73. The van der Waals surface area contributed by atoms with Crippen molar-refractivity contribution in [2.75, 3.05) is 4.72 Å².